The van der Waals surface area contributed by atoms with Gasteiger partial charge in [0, 0.05) is 43.6 Å². The Morgan fingerprint density at radius 2 is 2.11 bits per heavy atom. The number of hydrogen-bond acceptors (Lipinski definition) is 4. The van der Waals surface area contributed by atoms with Gasteiger partial charge in [-0.05, 0) is 43.9 Å². The summed E-state index contributed by atoms with van der Waals surface area (Å²) in [5.41, 5.74) is 1.69. The van der Waals surface area contributed by atoms with E-state index in [1.54, 1.807) is 12.4 Å². The van der Waals surface area contributed by atoms with Gasteiger partial charge in [-0.3, -0.25) is 9.59 Å². The van der Waals surface area contributed by atoms with E-state index in [9.17, 15) is 9.59 Å². The molecule has 2 bridgehead atoms. The molecule has 5 rings (SSSR count). The maximum atomic E-state index is 13.0. The average Bonchev–Trinajstić information content (AvgIpc) is 3.23. The summed E-state index contributed by atoms with van der Waals surface area (Å²) in [5, 5.41) is 3.38. The second kappa shape index (κ2) is 6.64. The van der Waals surface area contributed by atoms with Gasteiger partial charge in [-0.25, -0.2) is 4.98 Å². The third-order valence-electron chi connectivity index (χ3n) is 6.28. The Labute approximate surface area is 157 Å². The molecule has 3 aliphatic rings. The topological polar surface area (TPSA) is 83.0 Å². The molecule has 5 heterocycles. The second-order valence-corrected chi connectivity index (χ2v) is 8.07. The van der Waals surface area contributed by atoms with Gasteiger partial charge in [-0.1, -0.05) is 6.42 Å². The SMILES string of the molecule is O=C([C@H]1CCCCN1)N1C[C@@H]2C[C@H](C1)c1ccc(-c3ncc[nH]3)c(=O)n1C2. The van der Waals surface area contributed by atoms with Crippen molar-refractivity contribution < 1.29 is 4.79 Å². The number of carbonyl (C=O) groups excluding carboxylic acids is 1. The number of carbonyl (C=O) groups is 1. The van der Waals surface area contributed by atoms with Crippen molar-refractivity contribution in [3.8, 4) is 11.4 Å². The lowest BCUT2D eigenvalue weighted by molar-refractivity contribution is -0.136. The number of hydrogen-bond donors (Lipinski definition) is 2. The molecular weight excluding hydrogens is 342 g/mol. The number of aromatic nitrogens is 3. The number of nitrogens with one attached hydrogen (secondary N) is 2. The standard InChI is InChI=1S/C20H25N5O2/c26-19-15(18-22-7-8-23-18)4-5-17-14-9-13(11-25(17)19)10-24(12-14)20(27)16-3-1-2-6-21-16/h4-5,7-8,13-14,16,21H,1-3,6,9-12H2,(H,22,23)/t13-,14+,16+/m0/s1. The summed E-state index contributed by atoms with van der Waals surface area (Å²) in [4.78, 5) is 35.3. The van der Waals surface area contributed by atoms with Crippen LogP contribution >= 0.6 is 0 Å². The first-order valence-electron chi connectivity index (χ1n) is 9.96. The third-order valence-corrected chi connectivity index (χ3v) is 6.28. The van der Waals surface area contributed by atoms with Crippen molar-refractivity contribution in [1.82, 2.24) is 24.8 Å². The number of aromatic amines is 1. The highest BCUT2D eigenvalue weighted by atomic mass is 16.2. The Morgan fingerprint density at radius 1 is 1.19 bits per heavy atom. The Balaban J connectivity index is 1.42. The van der Waals surface area contributed by atoms with E-state index >= 15 is 0 Å². The van der Waals surface area contributed by atoms with E-state index in [1.165, 1.54) is 0 Å². The number of likely N-dealkylation sites (tertiary alicyclic amines) is 1. The van der Waals surface area contributed by atoms with Crippen LogP contribution in [0.15, 0.2) is 29.3 Å². The van der Waals surface area contributed by atoms with Gasteiger partial charge in [0.15, 0.2) is 0 Å². The summed E-state index contributed by atoms with van der Waals surface area (Å²) in [7, 11) is 0. The summed E-state index contributed by atoms with van der Waals surface area (Å²) in [5.74, 6) is 1.44. The molecule has 2 aromatic rings. The first kappa shape index (κ1) is 16.7. The van der Waals surface area contributed by atoms with Crippen LogP contribution in [0.25, 0.3) is 11.4 Å². The molecule has 2 saturated heterocycles. The first-order chi connectivity index (χ1) is 13.2. The molecule has 0 aromatic carbocycles. The Bertz CT molecular complexity index is 898. The largest absolute Gasteiger partial charge is 0.344 e. The summed E-state index contributed by atoms with van der Waals surface area (Å²) in [6.07, 6.45) is 7.67. The lowest BCUT2D eigenvalue weighted by Gasteiger charge is -2.44. The molecule has 1 amide bonds. The van der Waals surface area contributed by atoms with Crippen LogP contribution in [0.3, 0.4) is 0 Å². The molecule has 27 heavy (non-hydrogen) atoms. The van der Waals surface area contributed by atoms with Crippen molar-refractivity contribution in [3.63, 3.8) is 0 Å². The highest BCUT2D eigenvalue weighted by Crippen LogP contribution is 2.36. The molecule has 7 nitrogen and oxygen atoms in total. The number of pyridine rings is 1. The van der Waals surface area contributed by atoms with Gasteiger partial charge in [-0.15, -0.1) is 0 Å². The van der Waals surface area contributed by atoms with Crippen LogP contribution in [0.5, 0.6) is 0 Å². The molecule has 2 aromatic heterocycles. The summed E-state index contributed by atoms with van der Waals surface area (Å²) < 4.78 is 1.91. The number of amides is 1. The van der Waals surface area contributed by atoms with Gasteiger partial charge in [0.1, 0.15) is 5.82 Å². The maximum absolute atomic E-state index is 13.0. The fraction of sp³-hybridized carbons (Fsp3) is 0.550. The lowest BCUT2D eigenvalue weighted by atomic mass is 9.82. The van der Waals surface area contributed by atoms with Crippen molar-refractivity contribution in [2.45, 2.75) is 44.2 Å². The van der Waals surface area contributed by atoms with E-state index in [2.05, 4.69) is 15.3 Å². The van der Waals surface area contributed by atoms with Gasteiger partial charge in [0.05, 0.1) is 11.6 Å². The fourth-order valence-electron chi connectivity index (χ4n) is 5.00. The monoisotopic (exact) mass is 367 g/mol. The predicted molar refractivity (Wildman–Crippen MR) is 101 cm³/mol. The molecule has 2 fully saturated rings. The molecule has 0 aliphatic carbocycles. The van der Waals surface area contributed by atoms with E-state index in [0.29, 0.717) is 30.4 Å². The third kappa shape index (κ3) is 2.90. The molecule has 3 atom stereocenters. The Kier molecular flexibility index (Phi) is 4.11. The summed E-state index contributed by atoms with van der Waals surface area (Å²) in [6.45, 7) is 3.09. The number of fused-ring (bicyclic) bond motifs is 4. The van der Waals surface area contributed by atoms with Crippen molar-refractivity contribution >= 4 is 5.91 Å². The predicted octanol–water partition coefficient (Wildman–Crippen LogP) is 1.33. The lowest BCUT2D eigenvalue weighted by Crippen LogP contribution is -2.55. The van der Waals surface area contributed by atoms with Crippen LogP contribution in [0.2, 0.25) is 0 Å². The zero-order valence-electron chi connectivity index (χ0n) is 15.4. The average molecular weight is 367 g/mol. The smallest absolute Gasteiger partial charge is 0.261 e. The first-order valence-corrected chi connectivity index (χ1v) is 9.96. The molecule has 3 aliphatic heterocycles. The molecule has 0 spiro atoms. The minimum absolute atomic E-state index is 0.0193. The van der Waals surface area contributed by atoms with Crippen LogP contribution in [0.4, 0.5) is 0 Å². The molecule has 7 heteroatoms. The summed E-state index contributed by atoms with van der Waals surface area (Å²) in [6, 6.07) is 3.89. The normalized spacial score (nSPS) is 27.3. The highest BCUT2D eigenvalue weighted by molar-refractivity contribution is 5.82. The van der Waals surface area contributed by atoms with E-state index in [0.717, 1.165) is 44.5 Å². The van der Waals surface area contributed by atoms with Gasteiger partial charge in [0.2, 0.25) is 5.91 Å². The maximum Gasteiger partial charge on any atom is 0.261 e. The van der Waals surface area contributed by atoms with Gasteiger partial charge in [0.25, 0.3) is 5.56 Å². The van der Waals surface area contributed by atoms with E-state index in [1.807, 2.05) is 21.6 Å². The molecule has 0 radical (unpaired) electrons. The van der Waals surface area contributed by atoms with Gasteiger partial charge >= 0.3 is 0 Å². The van der Waals surface area contributed by atoms with E-state index in [4.69, 9.17) is 0 Å². The van der Waals surface area contributed by atoms with E-state index in [-0.39, 0.29) is 23.4 Å². The van der Waals surface area contributed by atoms with Crippen LogP contribution in [0.1, 0.15) is 37.3 Å². The number of nitrogens with zero attached hydrogens (tertiary/aromatic N) is 3. The van der Waals surface area contributed by atoms with Gasteiger partial charge in [-0.2, -0.15) is 0 Å². The van der Waals surface area contributed by atoms with E-state index < -0.39 is 0 Å². The van der Waals surface area contributed by atoms with Crippen LogP contribution in [-0.4, -0.2) is 51.0 Å². The molecule has 2 N–H and O–H groups in total. The Morgan fingerprint density at radius 3 is 2.89 bits per heavy atom. The highest BCUT2D eigenvalue weighted by Gasteiger charge is 2.38. The van der Waals surface area contributed by atoms with Crippen LogP contribution < -0.4 is 10.9 Å². The fourth-order valence-corrected chi connectivity index (χ4v) is 5.00. The molecular formula is C20H25N5O2. The molecule has 142 valence electrons. The zero-order chi connectivity index (χ0) is 18.4. The van der Waals surface area contributed by atoms with Gasteiger partial charge < -0.3 is 19.8 Å². The number of H-pyrrole nitrogens is 1. The minimum atomic E-state index is -0.0268. The van der Waals surface area contributed by atoms with Crippen molar-refractivity contribution in [3.05, 3.63) is 40.6 Å². The number of imidazole rings is 1. The molecule has 0 saturated carbocycles. The zero-order valence-corrected chi connectivity index (χ0v) is 15.4. The van der Waals surface area contributed by atoms with Crippen LogP contribution in [-0.2, 0) is 11.3 Å². The van der Waals surface area contributed by atoms with Crippen molar-refractivity contribution in [1.29, 1.82) is 0 Å². The number of piperidine rings is 2. The van der Waals surface area contributed by atoms with Crippen molar-refractivity contribution in [2.24, 2.45) is 5.92 Å². The quantitative estimate of drug-likeness (QED) is 0.839. The minimum Gasteiger partial charge on any atom is -0.344 e. The van der Waals surface area contributed by atoms with Crippen molar-refractivity contribution in [2.75, 3.05) is 19.6 Å². The number of rotatable bonds is 2. The second-order valence-electron chi connectivity index (χ2n) is 8.07. The summed E-state index contributed by atoms with van der Waals surface area (Å²) >= 11 is 0. The Hall–Kier alpha value is -2.41. The molecule has 0 unspecified atom stereocenters. The van der Waals surface area contributed by atoms with Crippen LogP contribution in [0, 0.1) is 5.92 Å².